The molecule has 0 saturated carbocycles. The van der Waals surface area contributed by atoms with E-state index in [-0.39, 0.29) is 0 Å². The van der Waals surface area contributed by atoms with Crippen LogP contribution in [0.5, 0.6) is 5.75 Å². The standard InChI is InChI=1S/C15H23N3O2S/c1-4-20-13-7-5-6-12-14(13)16-15(21)18(12)9-11-19-10-8-17(2)3/h5-7H,4,8-11H2,1-3H3,(H,16,21). The van der Waals surface area contributed by atoms with Gasteiger partial charge in [-0.05, 0) is 45.4 Å². The molecule has 0 aliphatic carbocycles. The number of fused-ring (bicyclic) bond motifs is 1. The minimum Gasteiger partial charge on any atom is -0.492 e. The van der Waals surface area contributed by atoms with Gasteiger partial charge < -0.3 is 23.9 Å². The van der Waals surface area contributed by atoms with E-state index in [4.69, 9.17) is 21.7 Å². The molecule has 0 unspecified atom stereocenters. The van der Waals surface area contributed by atoms with E-state index in [1.54, 1.807) is 0 Å². The van der Waals surface area contributed by atoms with Crippen molar-refractivity contribution in [3.8, 4) is 5.75 Å². The molecule has 0 fully saturated rings. The van der Waals surface area contributed by atoms with E-state index < -0.39 is 0 Å². The van der Waals surface area contributed by atoms with E-state index in [0.717, 1.165) is 36.5 Å². The van der Waals surface area contributed by atoms with Gasteiger partial charge in [-0.3, -0.25) is 0 Å². The first-order valence-corrected chi connectivity index (χ1v) is 7.61. The van der Waals surface area contributed by atoms with Crippen molar-refractivity contribution in [2.24, 2.45) is 0 Å². The van der Waals surface area contributed by atoms with Crippen molar-refractivity contribution < 1.29 is 9.47 Å². The lowest BCUT2D eigenvalue weighted by atomic mass is 10.3. The molecular formula is C15H23N3O2S. The van der Waals surface area contributed by atoms with Crippen molar-refractivity contribution in [2.45, 2.75) is 13.5 Å². The summed E-state index contributed by atoms with van der Waals surface area (Å²) in [6.07, 6.45) is 0. The molecule has 1 aromatic carbocycles. The highest BCUT2D eigenvalue weighted by molar-refractivity contribution is 7.71. The Morgan fingerprint density at radius 3 is 2.81 bits per heavy atom. The number of hydrogen-bond acceptors (Lipinski definition) is 4. The smallest absolute Gasteiger partial charge is 0.178 e. The van der Waals surface area contributed by atoms with Gasteiger partial charge in [0, 0.05) is 13.1 Å². The zero-order valence-corrected chi connectivity index (χ0v) is 13.7. The Labute approximate surface area is 130 Å². The van der Waals surface area contributed by atoms with Gasteiger partial charge in [-0.2, -0.15) is 0 Å². The fourth-order valence-electron chi connectivity index (χ4n) is 2.16. The SMILES string of the molecule is CCOc1cccc2c1[nH]c(=S)n2CCOCCN(C)C. The Hall–Kier alpha value is -1.37. The average molecular weight is 309 g/mol. The maximum atomic E-state index is 5.65. The first kappa shape index (κ1) is 16.0. The van der Waals surface area contributed by atoms with Crippen LogP contribution in [0.15, 0.2) is 18.2 Å². The van der Waals surface area contributed by atoms with Crippen molar-refractivity contribution in [1.29, 1.82) is 0 Å². The number of nitrogens with one attached hydrogen (secondary N) is 1. The lowest BCUT2D eigenvalue weighted by Crippen LogP contribution is -2.19. The van der Waals surface area contributed by atoms with Crippen LogP contribution >= 0.6 is 12.2 Å². The molecule has 0 saturated heterocycles. The lowest BCUT2D eigenvalue weighted by molar-refractivity contribution is 0.111. The number of para-hydroxylation sites is 1. The lowest BCUT2D eigenvalue weighted by Gasteiger charge is -2.10. The van der Waals surface area contributed by atoms with Gasteiger partial charge in [-0.1, -0.05) is 6.07 Å². The van der Waals surface area contributed by atoms with Crippen LogP contribution in [0.2, 0.25) is 0 Å². The third kappa shape index (κ3) is 4.06. The monoisotopic (exact) mass is 309 g/mol. The molecule has 6 heteroatoms. The van der Waals surface area contributed by atoms with Gasteiger partial charge in [0.1, 0.15) is 11.3 Å². The Balaban J connectivity index is 2.08. The molecule has 5 nitrogen and oxygen atoms in total. The number of rotatable bonds is 8. The van der Waals surface area contributed by atoms with Gasteiger partial charge >= 0.3 is 0 Å². The second kappa shape index (κ2) is 7.59. The van der Waals surface area contributed by atoms with Gasteiger partial charge in [-0.15, -0.1) is 0 Å². The van der Waals surface area contributed by atoms with Gasteiger partial charge in [0.25, 0.3) is 0 Å². The summed E-state index contributed by atoms with van der Waals surface area (Å²) in [5, 5.41) is 0. The predicted octanol–water partition coefficient (Wildman–Crippen LogP) is 2.68. The van der Waals surface area contributed by atoms with Gasteiger partial charge in [0.15, 0.2) is 4.77 Å². The number of aromatic nitrogens is 2. The quantitative estimate of drug-likeness (QED) is 0.601. The second-order valence-electron chi connectivity index (χ2n) is 5.08. The van der Waals surface area contributed by atoms with Crippen LogP contribution < -0.4 is 4.74 Å². The van der Waals surface area contributed by atoms with E-state index in [9.17, 15) is 0 Å². The number of nitrogens with zero attached hydrogens (tertiary/aromatic N) is 2. The zero-order valence-electron chi connectivity index (χ0n) is 12.9. The summed E-state index contributed by atoms with van der Waals surface area (Å²) in [6.45, 7) is 5.65. The second-order valence-corrected chi connectivity index (χ2v) is 5.47. The highest BCUT2D eigenvalue weighted by Gasteiger charge is 2.08. The van der Waals surface area contributed by atoms with Crippen LogP contribution in [0, 0.1) is 4.77 Å². The number of imidazole rings is 1. The first-order chi connectivity index (χ1) is 10.1. The summed E-state index contributed by atoms with van der Waals surface area (Å²) in [7, 11) is 4.07. The molecule has 1 N–H and O–H groups in total. The van der Waals surface area contributed by atoms with Gasteiger partial charge in [0.2, 0.25) is 0 Å². The van der Waals surface area contributed by atoms with E-state index >= 15 is 0 Å². The number of hydrogen-bond donors (Lipinski definition) is 1. The molecule has 0 aliphatic heterocycles. The van der Waals surface area contributed by atoms with Crippen LogP contribution in [0.1, 0.15) is 6.92 Å². The topological polar surface area (TPSA) is 42.4 Å². The Bertz CT molecular complexity index is 633. The summed E-state index contributed by atoms with van der Waals surface area (Å²) in [5.41, 5.74) is 2.01. The van der Waals surface area contributed by atoms with Crippen molar-refractivity contribution in [3.05, 3.63) is 23.0 Å². The number of H-pyrrole nitrogens is 1. The molecule has 2 rings (SSSR count). The molecule has 2 aromatic rings. The molecule has 21 heavy (non-hydrogen) atoms. The minimum atomic E-state index is 0.637. The largest absolute Gasteiger partial charge is 0.492 e. The van der Waals surface area contributed by atoms with Crippen LogP contribution in [0.3, 0.4) is 0 Å². The summed E-state index contributed by atoms with van der Waals surface area (Å²) in [5.74, 6) is 0.841. The highest BCUT2D eigenvalue weighted by Crippen LogP contribution is 2.24. The summed E-state index contributed by atoms with van der Waals surface area (Å²) >= 11 is 5.40. The zero-order chi connectivity index (χ0) is 15.2. The minimum absolute atomic E-state index is 0.637. The van der Waals surface area contributed by atoms with Crippen LogP contribution in [0.4, 0.5) is 0 Å². The predicted molar refractivity (Wildman–Crippen MR) is 87.7 cm³/mol. The van der Waals surface area contributed by atoms with E-state index in [1.807, 2.05) is 39.2 Å². The van der Waals surface area contributed by atoms with E-state index in [1.165, 1.54) is 0 Å². The Morgan fingerprint density at radius 1 is 1.29 bits per heavy atom. The van der Waals surface area contributed by atoms with Crippen LogP contribution in [-0.4, -0.2) is 54.9 Å². The molecule has 0 aliphatic rings. The van der Waals surface area contributed by atoms with Crippen molar-refractivity contribution in [1.82, 2.24) is 14.5 Å². The maximum Gasteiger partial charge on any atom is 0.178 e. The third-order valence-corrected chi connectivity index (χ3v) is 3.54. The Morgan fingerprint density at radius 2 is 2.10 bits per heavy atom. The number of aromatic amines is 1. The molecule has 1 heterocycles. The Kier molecular flexibility index (Phi) is 5.78. The normalized spacial score (nSPS) is 11.4. The first-order valence-electron chi connectivity index (χ1n) is 7.20. The summed E-state index contributed by atoms with van der Waals surface area (Å²) < 4.78 is 14.0. The number of likely N-dealkylation sites (N-methyl/N-ethyl adjacent to an activating group) is 1. The number of ether oxygens (including phenoxy) is 2. The maximum absolute atomic E-state index is 5.65. The molecule has 0 amide bonds. The van der Waals surface area contributed by atoms with E-state index in [0.29, 0.717) is 18.0 Å². The molecule has 0 spiro atoms. The third-order valence-electron chi connectivity index (χ3n) is 3.21. The van der Waals surface area contributed by atoms with Gasteiger partial charge in [0.05, 0.1) is 25.3 Å². The van der Waals surface area contributed by atoms with Gasteiger partial charge in [-0.25, -0.2) is 0 Å². The summed E-state index contributed by atoms with van der Waals surface area (Å²) in [6, 6.07) is 5.98. The van der Waals surface area contributed by atoms with Crippen molar-refractivity contribution in [3.63, 3.8) is 0 Å². The number of benzene rings is 1. The van der Waals surface area contributed by atoms with E-state index in [2.05, 4.69) is 14.5 Å². The highest BCUT2D eigenvalue weighted by atomic mass is 32.1. The van der Waals surface area contributed by atoms with Crippen LogP contribution in [0.25, 0.3) is 11.0 Å². The molecule has 0 atom stereocenters. The average Bonchev–Trinajstić information content (AvgIpc) is 2.76. The molecular weight excluding hydrogens is 286 g/mol. The van der Waals surface area contributed by atoms with Crippen molar-refractivity contribution >= 4 is 23.3 Å². The van der Waals surface area contributed by atoms with Crippen molar-refractivity contribution in [2.75, 3.05) is 40.5 Å². The fourth-order valence-corrected chi connectivity index (χ4v) is 2.45. The summed E-state index contributed by atoms with van der Waals surface area (Å²) in [4.78, 5) is 5.33. The molecule has 116 valence electrons. The molecule has 0 radical (unpaired) electrons. The van der Waals surface area contributed by atoms with Crippen LogP contribution in [-0.2, 0) is 11.3 Å². The molecule has 1 aromatic heterocycles. The fraction of sp³-hybridized carbons (Fsp3) is 0.533. The molecule has 0 bridgehead atoms.